The van der Waals surface area contributed by atoms with Gasteiger partial charge in [0, 0.05) is 6.42 Å². The van der Waals surface area contributed by atoms with Gasteiger partial charge in [-0.25, -0.2) is 4.98 Å². The number of aromatic amines is 1. The van der Waals surface area contributed by atoms with Crippen molar-refractivity contribution in [2.75, 3.05) is 0 Å². The number of aryl methyl sites for hydroxylation is 1. The van der Waals surface area contributed by atoms with Gasteiger partial charge in [-0.3, -0.25) is 4.79 Å². The number of H-pyrrole nitrogens is 1. The van der Waals surface area contributed by atoms with Gasteiger partial charge in [-0.2, -0.15) is 0 Å². The molecule has 0 saturated heterocycles. The number of rotatable bonds is 3. The lowest BCUT2D eigenvalue weighted by Gasteiger charge is -2.06. The summed E-state index contributed by atoms with van der Waals surface area (Å²) in [6, 6.07) is 5.37. The zero-order valence-corrected chi connectivity index (χ0v) is 13.2. The molecule has 0 spiro atoms. The van der Waals surface area contributed by atoms with Gasteiger partial charge < -0.3 is 4.98 Å². The first-order valence-corrected chi connectivity index (χ1v) is 7.27. The lowest BCUT2D eigenvalue weighted by molar-refractivity contribution is 0.877. The van der Waals surface area contributed by atoms with E-state index in [1.165, 1.54) is 0 Å². The number of hydrogen-bond acceptors (Lipinski definition) is 2. The van der Waals surface area contributed by atoms with E-state index < -0.39 is 0 Å². The van der Waals surface area contributed by atoms with Crippen molar-refractivity contribution in [3.63, 3.8) is 0 Å². The smallest absolute Gasteiger partial charge is 0.265 e. The molecule has 0 atom stereocenters. The Hall–Kier alpha value is -0.840. The summed E-state index contributed by atoms with van der Waals surface area (Å²) in [5, 5.41) is 1.01. The number of nitrogens with one attached hydrogen (secondary N) is 1. The molecule has 2 rings (SSSR count). The molecule has 0 amide bonds. The predicted molar refractivity (Wildman–Crippen MR) is 81.2 cm³/mol. The van der Waals surface area contributed by atoms with Gasteiger partial charge in [-0.15, -0.1) is 0 Å². The Kier molecular flexibility index (Phi) is 4.66. The monoisotopic (exact) mass is 360 g/mol. The third kappa shape index (κ3) is 3.38. The minimum Gasteiger partial charge on any atom is -0.309 e. The summed E-state index contributed by atoms with van der Waals surface area (Å²) >= 11 is 15.1. The van der Waals surface area contributed by atoms with Gasteiger partial charge in [-0.05, 0) is 40.0 Å². The number of aromatic nitrogens is 2. The van der Waals surface area contributed by atoms with Crippen LogP contribution in [-0.2, 0) is 12.8 Å². The molecule has 0 aliphatic heterocycles. The minimum atomic E-state index is -0.165. The van der Waals surface area contributed by atoms with Gasteiger partial charge in [0.05, 0.1) is 15.7 Å². The highest BCUT2D eigenvalue weighted by atomic mass is 79.9. The summed E-state index contributed by atoms with van der Waals surface area (Å²) in [6.07, 6.45) is 1.20. The van der Waals surface area contributed by atoms with Crippen molar-refractivity contribution in [2.24, 2.45) is 0 Å². The molecule has 0 aliphatic carbocycles. The first-order valence-electron chi connectivity index (χ1n) is 5.72. The summed E-state index contributed by atoms with van der Waals surface area (Å²) in [6.45, 7) is 1.95. The quantitative estimate of drug-likeness (QED) is 0.898. The minimum absolute atomic E-state index is 0.165. The molecule has 0 bridgehead atoms. The van der Waals surface area contributed by atoms with E-state index in [2.05, 4.69) is 25.9 Å². The molecule has 1 aromatic heterocycles. The topological polar surface area (TPSA) is 45.8 Å². The van der Waals surface area contributed by atoms with E-state index in [1.54, 1.807) is 12.1 Å². The number of halogens is 3. The van der Waals surface area contributed by atoms with Gasteiger partial charge in [0.1, 0.15) is 10.3 Å². The SMILES string of the molecule is CCc1nc(Cc2ccc(Cl)c(Cl)c2)[nH]c(=O)c1Br. The highest BCUT2D eigenvalue weighted by Gasteiger charge is 2.08. The number of nitrogens with zero attached hydrogens (tertiary/aromatic N) is 1. The van der Waals surface area contributed by atoms with Crippen molar-refractivity contribution < 1.29 is 0 Å². The van der Waals surface area contributed by atoms with E-state index >= 15 is 0 Å². The van der Waals surface area contributed by atoms with E-state index in [1.807, 2.05) is 13.0 Å². The zero-order valence-electron chi connectivity index (χ0n) is 10.1. The lowest BCUT2D eigenvalue weighted by atomic mass is 10.1. The zero-order chi connectivity index (χ0) is 14.0. The molecule has 0 fully saturated rings. The van der Waals surface area contributed by atoms with E-state index in [9.17, 15) is 4.79 Å². The molecule has 3 nitrogen and oxygen atoms in total. The Morgan fingerprint density at radius 3 is 2.68 bits per heavy atom. The van der Waals surface area contributed by atoms with Crippen LogP contribution in [0.5, 0.6) is 0 Å². The first-order chi connectivity index (χ1) is 9.01. The molecule has 0 radical (unpaired) electrons. The van der Waals surface area contributed by atoms with Crippen LogP contribution in [0.2, 0.25) is 10.0 Å². The van der Waals surface area contributed by atoms with Crippen LogP contribution in [0.25, 0.3) is 0 Å². The van der Waals surface area contributed by atoms with Crippen molar-refractivity contribution in [3.05, 3.63) is 60.2 Å². The van der Waals surface area contributed by atoms with Crippen molar-refractivity contribution >= 4 is 39.1 Å². The van der Waals surface area contributed by atoms with Gasteiger partial charge >= 0.3 is 0 Å². The third-order valence-corrected chi connectivity index (χ3v) is 4.23. The Balaban J connectivity index is 2.35. The van der Waals surface area contributed by atoms with Gasteiger partial charge in [0.25, 0.3) is 5.56 Å². The maximum Gasteiger partial charge on any atom is 0.265 e. The summed E-state index contributed by atoms with van der Waals surface area (Å²) in [7, 11) is 0. The molecular formula is C13H11BrCl2N2O. The molecule has 100 valence electrons. The molecule has 2 aromatic rings. The molecule has 0 unspecified atom stereocenters. The molecular weight excluding hydrogens is 351 g/mol. The standard InChI is InChI=1S/C13H11BrCl2N2O/c1-2-10-12(14)13(19)18-11(17-10)6-7-3-4-8(15)9(16)5-7/h3-5H,2,6H2,1H3,(H,17,18,19). The molecule has 1 aromatic carbocycles. The number of hydrogen-bond donors (Lipinski definition) is 1. The van der Waals surface area contributed by atoms with Crippen molar-refractivity contribution in [2.45, 2.75) is 19.8 Å². The van der Waals surface area contributed by atoms with Crippen LogP contribution in [0.1, 0.15) is 24.0 Å². The van der Waals surface area contributed by atoms with E-state index in [-0.39, 0.29) is 5.56 Å². The maximum atomic E-state index is 11.7. The van der Waals surface area contributed by atoms with E-state index in [4.69, 9.17) is 23.2 Å². The summed E-state index contributed by atoms with van der Waals surface area (Å²) < 4.78 is 0.493. The van der Waals surface area contributed by atoms with E-state index in [0.717, 1.165) is 11.3 Å². The Morgan fingerprint density at radius 2 is 2.05 bits per heavy atom. The lowest BCUT2D eigenvalue weighted by Crippen LogP contribution is -2.15. The average Bonchev–Trinajstić information content (AvgIpc) is 2.38. The van der Waals surface area contributed by atoms with Crippen LogP contribution >= 0.6 is 39.1 Å². The molecule has 1 N–H and O–H groups in total. The Bertz CT molecular complexity index is 670. The maximum absolute atomic E-state index is 11.7. The highest BCUT2D eigenvalue weighted by Crippen LogP contribution is 2.23. The Labute approximate surface area is 129 Å². The fraction of sp³-hybridized carbons (Fsp3) is 0.231. The Morgan fingerprint density at radius 1 is 1.32 bits per heavy atom. The van der Waals surface area contributed by atoms with Crippen molar-refractivity contribution in [3.8, 4) is 0 Å². The second kappa shape index (κ2) is 6.07. The van der Waals surface area contributed by atoms with Crippen LogP contribution in [0.3, 0.4) is 0 Å². The molecule has 19 heavy (non-hydrogen) atoms. The van der Waals surface area contributed by atoms with Crippen LogP contribution in [0, 0.1) is 0 Å². The molecule has 0 saturated carbocycles. The molecule has 6 heteroatoms. The molecule has 1 heterocycles. The summed E-state index contributed by atoms with van der Waals surface area (Å²) in [5.41, 5.74) is 1.53. The van der Waals surface area contributed by atoms with Gasteiger partial charge in [0.2, 0.25) is 0 Å². The summed E-state index contributed by atoms with van der Waals surface area (Å²) in [4.78, 5) is 18.9. The largest absolute Gasteiger partial charge is 0.309 e. The normalized spacial score (nSPS) is 10.7. The van der Waals surface area contributed by atoms with E-state index in [0.29, 0.717) is 33.2 Å². The van der Waals surface area contributed by atoms with Crippen LogP contribution in [-0.4, -0.2) is 9.97 Å². The van der Waals surface area contributed by atoms with Crippen molar-refractivity contribution in [1.29, 1.82) is 0 Å². The van der Waals surface area contributed by atoms with Gasteiger partial charge in [0.15, 0.2) is 0 Å². The summed E-state index contributed by atoms with van der Waals surface area (Å²) in [5.74, 6) is 0.614. The van der Waals surface area contributed by atoms with Gasteiger partial charge in [-0.1, -0.05) is 36.2 Å². The van der Waals surface area contributed by atoms with Crippen LogP contribution in [0.4, 0.5) is 0 Å². The van der Waals surface area contributed by atoms with Crippen LogP contribution in [0.15, 0.2) is 27.5 Å². The number of benzene rings is 1. The third-order valence-electron chi connectivity index (χ3n) is 2.67. The second-order valence-corrected chi connectivity index (χ2v) is 5.66. The second-order valence-electron chi connectivity index (χ2n) is 4.05. The van der Waals surface area contributed by atoms with Crippen LogP contribution < -0.4 is 5.56 Å². The first kappa shape index (κ1) is 14.6. The fourth-order valence-electron chi connectivity index (χ4n) is 1.72. The highest BCUT2D eigenvalue weighted by molar-refractivity contribution is 9.10. The van der Waals surface area contributed by atoms with Crippen molar-refractivity contribution in [1.82, 2.24) is 9.97 Å². The fourth-order valence-corrected chi connectivity index (χ4v) is 2.51. The molecule has 0 aliphatic rings. The average molecular weight is 362 g/mol. The predicted octanol–water partition coefficient (Wildman–Crippen LogP) is 3.99.